The summed E-state index contributed by atoms with van der Waals surface area (Å²) in [6.45, 7) is 9.57. The molecule has 1 nitrogen and oxygen atoms in total. The van der Waals surface area contributed by atoms with Crippen molar-refractivity contribution in [3.05, 3.63) is 35.4 Å². The second-order valence-corrected chi connectivity index (χ2v) is 5.01. The highest BCUT2D eigenvalue weighted by molar-refractivity contribution is 5.85. The average molecular weight is 228 g/mol. The van der Waals surface area contributed by atoms with E-state index >= 15 is 0 Å². The minimum Gasteiger partial charge on any atom is -0.330 e. The maximum Gasteiger partial charge on any atom is -0.00109 e. The molecule has 0 amide bonds. The highest BCUT2D eigenvalue weighted by Crippen LogP contribution is 2.24. The van der Waals surface area contributed by atoms with Crippen LogP contribution in [0.25, 0.3) is 0 Å². The van der Waals surface area contributed by atoms with E-state index in [1.807, 2.05) is 0 Å². The Hall–Kier alpha value is -0.530. The molecule has 2 heteroatoms. The number of nitrogens with two attached hydrogens (primary N) is 1. The third kappa shape index (κ3) is 3.84. The van der Waals surface area contributed by atoms with Crippen molar-refractivity contribution in [3.63, 3.8) is 0 Å². The van der Waals surface area contributed by atoms with Crippen molar-refractivity contribution >= 4 is 12.4 Å². The number of hydrogen-bond acceptors (Lipinski definition) is 1. The fourth-order valence-electron chi connectivity index (χ4n) is 1.45. The van der Waals surface area contributed by atoms with Gasteiger partial charge in [0, 0.05) is 0 Å². The Labute approximate surface area is 99.5 Å². The van der Waals surface area contributed by atoms with E-state index < -0.39 is 0 Å². The van der Waals surface area contributed by atoms with Crippen molar-refractivity contribution in [3.8, 4) is 0 Å². The van der Waals surface area contributed by atoms with Gasteiger partial charge >= 0.3 is 0 Å². The van der Waals surface area contributed by atoms with Gasteiger partial charge in [-0.25, -0.2) is 0 Å². The van der Waals surface area contributed by atoms with Crippen LogP contribution in [0.2, 0.25) is 0 Å². The minimum absolute atomic E-state index is 0. The molecule has 2 N–H and O–H groups in total. The molecule has 0 aromatic heterocycles. The quantitative estimate of drug-likeness (QED) is 0.823. The molecule has 0 bridgehead atoms. The third-order valence-electron chi connectivity index (χ3n) is 2.70. The Bertz CT molecular complexity index is 284. The lowest BCUT2D eigenvalue weighted by atomic mass is 9.86. The summed E-state index contributed by atoms with van der Waals surface area (Å²) in [5, 5.41) is 0. The Balaban J connectivity index is 0.00000196. The largest absolute Gasteiger partial charge is 0.330 e. The predicted octanol–water partition coefficient (Wildman–Crippen LogP) is 3.47. The minimum atomic E-state index is 0. The van der Waals surface area contributed by atoms with Gasteiger partial charge in [0.1, 0.15) is 0 Å². The lowest BCUT2D eigenvalue weighted by Crippen LogP contribution is -2.12. The first-order valence-corrected chi connectivity index (χ1v) is 5.25. The van der Waals surface area contributed by atoms with Gasteiger partial charge in [0.05, 0.1) is 0 Å². The lowest BCUT2D eigenvalue weighted by Gasteiger charge is -2.20. The van der Waals surface area contributed by atoms with Crippen LogP contribution in [0, 0.1) is 0 Å². The Morgan fingerprint density at radius 3 is 1.93 bits per heavy atom. The Morgan fingerprint density at radius 2 is 1.60 bits per heavy atom. The van der Waals surface area contributed by atoms with Crippen molar-refractivity contribution < 1.29 is 0 Å². The first kappa shape index (κ1) is 14.5. The van der Waals surface area contributed by atoms with Crippen LogP contribution >= 0.6 is 12.4 Å². The highest BCUT2D eigenvalue weighted by Gasteiger charge is 2.13. The average Bonchev–Trinajstić information content (AvgIpc) is 2.15. The van der Waals surface area contributed by atoms with E-state index in [0.29, 0.717) is 5.92 Å². The van der Waals surface area contributed by atoms with E-state index in [0.717, 1.165) is 6.54 Å². The monoisotopic (exact) mass is 227 g/mol. The van der Waals surface area contributed by atoms with Crippen LogP contribution < -0.4 is 5.73 Å². The zero-order valence-corrected chi connectivity index (χ0v) is 10.9. The molecule has 0 aliphatic heterocycles. The van der Waals surface area contributed by atoms with E-state index in [1.165, 1.54) is 11.1 Å². The first-order valence-electron chi connectivity index (χ1n) is 5.25. The van der Waals surface area contributed by atoms with Crippen LogP contribution in [0.15, 0.2) is 24.3 Å². The molecular weight excluding hydrogens is 206 g/mol. The molecule has 0 saturated heterocycles. The zero-order valence-electron chi connectivity index (χ0n) is 10.1. The molecule has 0 heterocycles. The summed E-state index contributed by atoms with van der Waals surface area (Å²) in [6, 6.07) is 8.80. The predicted molar refractivity (Wildman–Crippen MR) is 69.9 cm³/mol. The van der Waals surface area contributed by atoms with E-state index in [-0.39, 0.29) is 17.8 Å². The van der Waals surface area contributed by atoms with Crippen LogP contribution in [-0.2, 0) is 5.41 Å². The van der Waals surface area contributed by atoms with Gasteiger partial charge in [-0.2, -0.15) is 0 Å². The smallest absolute Gasteiger partial charge is 0.00109 e. The van der Waals surface area contributed by atoms with Gasteiger partial charge in [-0.05, 0) is 29.0 Å². The molecule has 1 rings (SSSR count). The molecule has 1 aromatic rings. The molecule has 1 atom stereocenters. The van der Waals surface area contributed by atoms with E-state index in [4.69, 9.17) is 5.73 Å². The van der Waals surface area contributed by atoms with Crippen LogP contribution in [0.4, 0.5) is 0 Å². The van der Waals surface area contributed by atoms with Crippen molar-refractivity contribution in [1.29, 1.82) is 0 Å². The fraction of sp³-hybridized carbons (Fsp3) is 0.538. The second kappa shape index (κ2) is 5.53. The number of halogens is 1. The molecule has 0 spiro atoms. The van der Waals surface area contributed by atoms with Crippen molar-refractivity contribution in [2.45, 2.75) is 39.0 Å². The van der Waals surface area contributed by atoms with E-state index in [9.17, 15) is 0 Å². The molecule has 86 valence electrons. The van der Waals surface area contributed by atoms with Gasteiger partial charge < -0.3 is 5.73 Å². The number of hydrogen-bond donors (Lipinski definition) is 1. The summed E-state index contributed by atoms with van der Waals surface area (Å²) >= 11 is 0. The van der Waals surface area contributed by atoms with Gasteiger partial charge in [0.2, 0.25) is 0 Å². The molecule has 0 aliphatic carbocycles. The molecule has 0 radical (unpaired) electrons. The van der Waals surface area contributed by atoms with Gasteiger partial charge in [-0.1, -0.05) is 52.0 Å². The molecular formula is C13H22ClN. The summed E-state index contributed by atoms with van der Waals surface area (Å²) in [6.07, 6.45) is 0. The number of benzene rings is 1. The first-order chi connectivity index (χ1) is 6.45. The van der Waals surface area contributed by atoms with E-state index in [1.54, 1.807) is 0 Å². The molecule has 0 fully saturated rings. The van der Waals surface area contributed by atoms with Crippen LogP contribution in [0.5, 0.6) is 0 Å². The van der Waals surface area contributed by atoms with Crippen LogP contribution in [-0.4, -0.2) is 6.54 Å². The van der Waals surface area contributed by atoms with Gasteiger partial charge in [0.15, 0.2) is 0 Å². The Morgan fingerprint density at radius 1 is 1.13 bits per heavy atom. The van der Waals surface area contributed by atoms with Gasteiger partial charge in [-0.3, -0.25) is 0 Å². The van der Waals surface area contributed by atoms with Crippen molar-refractivity contribution in [2.75, 3.05) is 6.54 Å². The normalized spacial score (nSPS) is 13.1. The summed E-state index contributed by atoms with van der Waals surface area (Å²) in [5.41, 5.74) is 8.58. The van der Waals surface area contributed by atoms with Gasteiger partial charge in [0.25, 0.3) is 0 Å². The van der Waals surface area contributed by atoms with Crippen LogP contribution in [0.1, 0.15) is 44.7 Å². The zero-order chi connectivity index (χ0) is 10.8. The van der Waals surface area contributed by atoms with Crippen molar-refractivity contribution in [2.24, 2.45) is 5.73 Å². The summed E-state index contributed by atoms with van der Waals surface area (Å²) in [4.78, 5) is 0. The van der Waals surface area contributed by atoms with Crippen molar-refractivity contribution in [1.82, 2.24) is 0 Å². The molecule has 0 aliphatic rings. The highest BCUT2D eigenvalue weighted by atomic mass is 35.5. The maximum atomic E-state index is 5.63. The standard InChI is InChI=1S/C13H21N.ClH/c1-10(9-14)11-5-7-12(8-6-11)13(2,3)4;/h5-8,10H,9,14H2,1-4H3;1H/t10-;/m0./s1. The molecule has 0 unspecified atom stereocenters. The lowest BCUT2D eigenvalue weighted by molar-refractivity contribution is 0.589. The fourth-order valence-corrected chi connectivity index (χ4v) is 1.45. The number of rotatable bonds is 2. The second-order valence-electron chi connectivity index (χ2n) is 5.01. The molecule has 15 heavy (non-hydrogen) atoms. The van der Waals surface area contributed by atoms with Crippen LogP contribution in [0.3, 0.4) is 0 Å². The molecule has 0 saturated carbocycles. The topological polar surface area (TPSA) is 26.0 Å². The summed E-state index contributed by atoms with van der Waals surface area (Å²) in [5.74, 6) is 0.462. The molecule has 1 aromatic carbocycles. The third-order valence-corrected chi connectivity index (χ3v) is 2.70. The maximum absolute atomic E-state index is 5.63. The Kier molecular flexibility index (Phi) is 5.33. The summed E-state index contributed by atoms with van der Waals surface area (Å²) < 4.78 is 0. The van der Waals surface area contributed by atoms with E-state index in [2.05, 4.69) is 52.0 Å². The van der Waals surface area contributed by atoms with Gasteiger partial charge in [-0.15, -0.1) is 12.4 Å². The SMILES string of the molecule is C[C@@H](CN)c1ccc(C(C)(C)C)cc1.Cl. The summed E-state index contributed by atoms with van der Waals surface area (Å²) in [7, 11) is 0.